The van der Waals surface area contributed by atoms with Crippen molar-refractivity contribution in [2.24, 2.45) is 0 Å². The zero-order valence-electron chi connectivity index (χ0n) is 42.0. The van der Waals surface area contributed by atoms with Gasteiger partial charge in [0.2, 0.25) is 11.2 Å². The normalized spacial score (nSPS) is 10.8. The second-order valence-corrected chi connectivity index (χ2v) is 22.2. The number of sulfonamides is 2. The predicted octanol–water partition coefficient (Wildman–Crippen LogP) is 14.6. The summed E-state index contributed by atoms with van der Waals surface area (Å²) in [7, 11) is -2.27. The highest BCUT2D eigenvalue weighted by molar-refractivity contribution is 7.93. The molecule has 0 aliphatic rings. The van der Waals surface area contributed by atoms with Crippen LogP contribution in [0.25, 0.3) is 64.8 Å². The van der Waals surface area contributed by atoms with Gasteiger partial charge < -0.3 is 10.2 Å². The molecule has 0 unspecified atom stereocenters. The number of aromatic nitrogens is 6. The second kappa shape index (κ2) is 28.2. The van der Waals surface area contributed by atoms with E-state index in [0.29, 0.717) is 37.1 Å². The van der Waals surface area contributed by atoms with Crippen molar-refractivity contribution >= 4 is 84.1 Å². The zero-order valence-corrected chi connectivity index (χ0v) is 46.8. The molecule has 0 aliphatic heterocycles. The molecule has 14 nitrogen and oxygen atoms in total. The van der Waals surface area contributed by atoms with E-state index in [9.17, 15) is 34.4 Å². The van der Waals surface area contributed by atoms with Crippen molar-refractivity contribution in [3.05, 3.63) is 198 Å². The van der Waals surface area contributed by atoms with Crippen LogP contribution in [-0.4, -0.2) is 74.9 Å². The van der Waals surface area contributed by atoms with E-state index < -0.39 is 76.1 Å². The van der Waals surface area contributed by atoms with Crippen LogP contribution in [-0.2, 0) is 20.0 Å². The molecule has 0 fully saturated rings. The molecule has 428 valence electrons. The molecule has 0 spiro atoms. The Kier molecular flexibility index (Phi) is 22.4. The number of hydrogen-bond acceptors (Lipinski definition) is 14. The Morgan fingerprint density at radius 2 is 0.854 bits per heavy atom. The summed E-state index contributed by atoms with van der Waals surface area (Å²) in [6, 6.07) is 35.0. The number of halogens is 8. The Morgan fingerprint density at radius 3 is 1.23 bits per heavy atom. The monoisotopic (exact) mass is 1240 g/mol. The summed E-state index contributed by atoms with van der Waals surface area (Å²) >= 11 is 8.50. The third-order valence-electron chi connectivity index (χ3n) is 10.8. The summed E-state index contributed by atoms with van der Waals surface area (Å²) in [4.78, 5) is 26.5. The fourth-order valence-corrected chi connectivity index (χ4v) is 12.0. The van der Waals surface area contributed by atoms with Gasteiger partial charge in [-0.1, -0.05) is 99.8 Å². The van der Waals surface area contributed by atoms with Crippen LogP contribution in [0.15, 0.2) is 168 Å². The SMILES string of the molecule is C.C.CN(C)c1nccc(-c2sc(-c3ccccc3)nc2-c2cccc(NS(=O)(=O)c3c(F)cccc3F)c2F)n1.CNC.Cl.O=S(=O)(Nc1cccc(-c2nc(-c3ccccc3)sc2-c2ccnc(Cl)n2)c1F)c1c(F)cccc1F. The lowest BCUT2D eigenvalue weighted by Gasteiger charge is -2.13. The minimum atomic E-state index is -4.80. The highest BCUT2D eigenvalue weighted by Crippen LogP contribution is 2.44. The number of hydrogen-bond donors (Lipinski definition) is 3. The molecular formula is C56H50Cl2F6N10O4S4. The Bertz CT molecular complexity index is 4020. The molecule has 6 aromatic carbocycles. The molecule has 10 rings (SSSR count). The number of rotatable bonds is 13. The van der Waals surface area contributed by atoms with Gasteiger partial charge in [0, 0.05) is 48.7 Å². The van der Waals surface area contributed by atoms with Crippen LogP contribution in [0.4, 0.5) is 43.7 Å². The van der Waals surface area contributed by atoms with Gasteiger partial charge in [0.15, 0.2) is 21.4 Å². The molecule has 3 N–H and O–H groups in total. The van der Waals surface area contributed by atoms with E-state index in [2.05, 4.69) is 30.2 Å². The molecule has 4 aromatic heterocycles. The van der Waals surface area contributed by atoms with Crippen molar-refractivity contribution in [2.75, 3.05) is 42.5 Å². The largest absolute Gasteiger partial charge is 0.347 e. The summed E-state index contributed by atoms with van der Waals surface area (Å²) in [5, 5.41) is 3.87. The molecule has 0 saturated heterocycles. The first-order valence-corrected chi connectivity index (χ1v) is 28.0. The molecule has 0 bridgehead atoms. The minimum absolute atomic E-state index is 0. The van der Waals surface area contributed by atoms with Gasteiger partial charge in [-0.2, -0.15) is 0 Å². The summed E-state index contributed by atoms with van der Waals surface area (Å²) < 4.78 is 144. The number of thiazole rings is 2. The maximum Gasteiger partial charge on any atom is 0.267 e. The minimum Gasteiger partial charge on any atom is -0.347 e. The van der Waals surface area contributed by atoms with E-state index in [0.717, 1.165) is 59.7 Å². The molecule has 0 amide bonds. The fraction of sp³-hybridized carbons (Fsp3) is 0.107. The van der Waals surface area contributed by atoms with Crippen molar-refractivity contribution < 1.29 is 43.2 Å². The quantitative estimate of drug-likeness (QED) is 0.0734. The topological polar surface area (TPSA) is 185 Å². The summed E-state index contributed by atoms with van der Waals surface area (Å²) in [5.41, 5.74) is 1.74. The lowest BCUT2D eigenvalue weighted by molar-refractivity contribution is 0.519. The summed E-state index contributed by atoms with van der Waals surface area (Å²) in [6.45, 7) is 0. The van der Waals surface area contributed by atoms with Crippen LogP contribution in [0.1, 0.15) is 14.9 Å². The van der Waals surface area contributed by atoms with Crippen LogP contribution in [0.3, 0.4) is 0 Å². The zero-order chi connectivity index (χ0) is 56.6. The lowest BCUT2D eigenvalue weighted by atomic mass is 10.1. The molecule has 10 aromatic rings. The first-order valence-electron chi connectivity index (χ1n) is 23.0. The van der Waals surface area contributed by atoms with Gasteiger partial charge in [-0.05, 0) is 86.4 Å². The van der Waals surface area contributed by atoms with Crippen molar-refractivity contribution in [3.8, 4) is 64.8 Å². The molecule has 26 heteroatoms. The Labute approximate surface area is 489 Å². The second-order valence-electron chi connectivity index (χ2n) is 16.6. The Balaban J connectivity index is 0.000000278. The number of nitrogens with zero attached hydrogens (tertiary/aromatic N) is 7. The summed E-state index contributed by atoms with van der Waals surface area (Å²) in [5.74, 6) is -6.73. The van der Waals surface area contributed by atoms with Crippen LogP contribution >= 0.6 is 46.7 Å². The fourth-order valence-electron chi connectivity index (χ4n) is 7.37. The van der Waals surface area contributed by atoms with E-state index >= 15 is 8.78 Å². The van der Waals surface area contributed by atoms with E-state index in [-0.39, 0.29) is 55.1 Å². The van der Waals surface area contributed by atoms with Crippen LogP contribution in [0.2, 0.25) is 5.28 Å². The standard InChI is InChI=1S/C27H20F3N5O2S2.C25H14ClF3N4O2S2.C2H7N.2CH4.ClH/c1-35(2)27-31-15-14-21(32-27)24-23(33-26(38-24)16-8-4-3-5-9-16)17-10-6-13-20(22(17)30)34-39(36,37)25-18(28)11-7-12-19(25)29;26-25-30-13-12-19(31-25)22-21(32-24(36-22)14-6-2-1-3-7-14)15-8-4-11-18(20(15)29)33-37(34,35)23-16(27)9-5-10-17(23)28;1-3-2;;;/h3-15,34H,1-2H3;1-13,33H;3H,1-2H3;2*1H4;1H. The molecule has 4 heterocycles. The first-order chi connectivity index (χ1) is 37.8. The number of benzene rings is 6. The van der Waals surface area contributed by atoms with Gasteiger partial charge in [0.1, 0.15) is 33.3 Å². The highest BCUT2D eigenvalue weighted by atomic mass is 35.5. The molecule has 0 radical (unpaired) electrons. The van der Waals surface area contributed by atoms with E-state index in [1.807, 2.05) is 84.2 Å². The van der Waals surface area contributed by atoms with Crippen LogP contribution in [0, 0.1) is 34.9 Å². The summed E-state index contributed by atoms with van der Waals surface area (Å²) in [6.07, 6.45) is 3.02. The lowest BCUT2D eigenvalue weighted by Crippen LogP contribution is -2.17. The molecule has 0 aliphatic carbocycles. The maximum atomic E-state index is 15.9. The van der Waals surface area contributed by atoms with Crippen molar-refractivity contribution in [1.82, 2.24) is 35.2 Å². The van der Waals surface area contributed by atoms with Gasteiger partial charge in [-0.25, -0.2) is 73.1 Å². The molecule has 0 atom stereocenters. The van der Waals surface area contributed by atoms with Crippen molar-refractivity contribution in [3.63, 3.8) is 0 Å². The van der Waals surface area contributed by atoms with Gasteiger partial charge in [0.25, 0.3) is 20.0 Å². The van der Waals surface area contributed by atoms with Crippen LogP contribution < -0.4 is 19.7 Å². The Hall–Kier alpha value is -7.84. The van der Waals surface area contributed by atoms with Gasteiger partial charge in [-0.15, -0.1) is 35.1 Å². The van der Waals surface area contributed by atoms with Gasteiger partial charge in [-0.3, -0.25) is 9.44 Å². The first kappa shape index (κ1) is 65.0. The van der Waals surface area contributed by atoms with E-state index in [1.165, 1.54) is 53.1 Å². The molecule has 0 saturated carbocycles. The van der Waals surface area contributed by atoms with Crippen molar-refractivity contribution in [2.45, 2.75) is 24.6 Å². The highest BCUT2D eigenvalue weighted by Gasteiger charge is 2.29. The average molecular weight is 1240 g/mol. The van der Waals surface area contributed by atoms with Gasteiger partial charge in [0.05, 0.1) is 43.9 Å². The third-order valence-corrected chi connectivity index (χ3v) is 16.1. The van der Waals surface area contributed by atoms with Crippen molar-refractivity contribution in [1.29, 1.82) is 0 Å². The number of anilines is 3. The predicted molar refractivity (Wildman–Crippen MR) is 317 cm³/mol. The molecular weight excluding hydrogens is 1190 g/mol. The third kappa shape index (κ3) is 14.6. The smallest absolute Gasteiger partial charge is 0.267 e. The van der Waals surface area contributed by atoms with Gasteiger partial charge >= 0.3 is 0 Å². The van der Waals surface area contributed by atoms with E-state index in [4.69, 9.17) is 16.6 Å². The van der Waals surface area contributed by atoms with Crippen LogP contribution in [0.5, 0.6) is 0 Å². The maximum absolute atomic E-state index is 15.9. The molecule has 82 heavy (non-hydrogen) atoms. The average Bonchev–Trinajstić information content (AvgIpc) is 4.12. The Morgan fingerprint density at radius 1 is 0.488 bits per heavy atom. The number of nitrogens with one attached hydrogen (secondary N) is 3. The van der Waals surface area contributed by atoms with E-state index in [1.54, 1.807) is 37.3 Å².